The van der Waals surface area contributed by atoms with Crippen molar-refractivity contribution in [2.45, 2.75) is 44.3 Å². The molecule has 4 heteroatoms. The molecule has 0 aliphatic carbocycles. The van der Waals surface area contributed by atoms with E-state index in [9.17, 15) is 4.79 Å². The highest BCUT2D eigenvalue weighted by Crippen LogP contribution is 2.30. The van der Waals surface area contributed by atoms with Gasteiger partial charge in [-0.2, -0.15) is 0 Å². The third kappa shape index (κ3) is 3.50. The molecule has 120 valence electrons. The Morgan fingerprint density at radius 1 is 1.27 bits per heavy atom. The summed E-state index contributed by atoms with van der Waals surface area (Å²) in [5, 5.41) is 3.03. The molecule has 2 aliphatic rings. The van der Waals surface area contributed by atoms with Crippen LogP contribution in [0.5, 0.6) is 0 Å². The molecule has 0 radical (unpaired) electrons. The number of morpholine rings is 1. The van der Waals surface area contributed by atoms with Gasteiger partial charge in [0.1, 0.15) is 6.10 Å². The lowest BCUT2D eigenvalue weighted by Crippen LogP contribution is -2.60. The molecule has 1 atom stereocenters. The summed E-state index contributed by atoms with van der Waals surface area (Å²) >= 11 is 0. The highest BCUT2D eigenvalue weighted by atomic mass is 16.5. The Labute approximate surface area is 132 Å². The van der Waals surface area contributed by atoms with Gasteiger partial charge in [0.15, 0.2) is 0 Å². The van der Waals surface area contributed by atoms with E-state index in [0.717, 1.165) is 45.3 Å². The molecule has 22 heavy (non-hydrogen) atoms. The van der Waals surface area contributed by atoms with Gasteiger partial charge in [-0.15, -0.1) is 0 Å². The number of hydrogen-bond acceptors (Lipinski definition) is 3. The minimum Gasteiger partial charge on any atom is -0.360 e. The van der Waals surface area contributed by atoms with Gasteiger partial charge in [0.25, 0.3) is 0 Å². The first kappa shape index (κ1) is 15.5. The molecule has 1 aromatic rings. The van der Waals surface area contributed by atoms with E-state index >= 15 is 0 Å². The molecule has 2 saturated heterocycles. The number of amides is 1. The first-order valence-corrected chi connectivity index (χ1v) is 8.43. The summed E-state index contributed by atoms with van der Waals surface area (Å²) in [5.41, 5.74) is 1.27. The summed E-state index contributed by atoms with van der Waals surface area (Å²) in [6.45, 7) is 5.90. The standard InChI is InChI=1S/C18H26N2O2/c1-2-16-17(21)19-14-18(22-16)9-12-20(13-10-18)11-8-15-6-4-3-5-7-15/h3-7,16H,2,8-14H2,1H3,(H,19,21). The van der Waals surface area contributed by atoms with E-state index in [-0.39, 0.29) is 17.6 Å². The van der Waals surface area contributed by atoms with E-state index in [4.69, 9.17) is 4.74 Å². The van der Waals surface area contributed by atoms with Crippen molar-refractivity contribution in [3.05, 3.63) is 35.9 Å². The number of hydrogen-bond donors (Lipinski definition) is 1. The van der Waals surface area contributed by atoms with Gasteiger partial charge in [-0.3, -0.25) is 4.79 Å². The lowest BCUT2D eigenvalue weighted by Gasteiger charge is -2.46. The average Bonchev–Trinajstić information content (AvgIpc) is 2.58. The smallest absolute Gasteiger partial charge is 0.249 e. The molecular weight excluding hydrogens is 276 g/mol. The van der Waals surface area contributed by atoms with Crippen molar-refractivity contribution in [1.82, 2.24) is 10.2 Å². The topological polar surface area (TPSA) is 41.6 Å². The summed E-state index contributed by atoms with van der Waals surface area (Å²) in [6, 6.07) is 10.6. The minimum absolute atomic E-state index is 0.0552. The average molecular weight is 302 g/mol. The third-order valence-electron chi connectivity index (χ3n) is 4.97. The van der Waals surface area contributed by atoms with Crippen molar-refractivity contribution in [2.75, 3.05) is 26.2 Å². The Morgan fingerprint density at radius 3 is 2.68 bits per heavy atom. The number of ether oxygens (including phenoxy) is 1. The maximum atomic E-state index is 11.7. The number of nitrogens with zero attached hydrogens (tertiary/aromatic N) is 1. The molecule has 1 aromatic carbocycles. The molecule has 3 rings (SSSR count). The summed E-state index contributed by atoms with van der Waals surface area (Å²) < 4.78 is 6.15. The van der Waals surface area contributed by atoms with Crippen molar-refractivity contribution >= 4 is 5.91 Å². The number of carbonyl (C=O) groups is 1. The van der Waals surface area contributed by atoms with Gasteiger partial charge < -0.3 is 15.0 Å². The lowest BCUT2D eigenvalue weighted by molar-refractivity contribution is -0.170. The van der Waals surface area contributed by atoms with Crippen LogP contribution in [0.1, 0.15) is 31.7 Å². The van der Waals surface area contributed by atoms with Gasteiger partial charge in [0.2, 0.25) is 5.91 Å². The highest BCUT2D eigenvalue weighted by Gasteiger charge is 2.42. The lowest BCUT2D eigenvalue weighted by atomic mass is 9.89. The molecule has 0 saturated carbocycles. The SMILES string of the molecule is CCC1OC2(CCN(CCc3ccccc3)CC2)CNC1=O. The largest absolute Gasteiger partial charge is 0.360 e. The van der Waals surface area contributed by atoms with Crippen molar-refractivity contribution < 1.29 is 9.53 Å². The van der Waals surface area contributed by atoms with Crippen molar-refractivity contribution in [2.24, 2.45) is 0 Å². The zero-order valence-electron chi connectivity index (χ0n) is 13.4. The van der Waals surface area contributed by atoms with E-state index in [1.807, 2.05) is 6.92 Å². The molecule has 4 nitrogen and oxygen atoms in total. The second kappa shape index (κ2) is 6.80. The summed E-state index contributed by atoms with van der Waals surface area (Å²) in [5.74, 6) is 0.0552. The van der Waals surface area contributed by atoms with E-state index < -0.39 is 0 Å². The van der Waals surface area contributed by atoms with Crippen molar-refractivity contribution in [1.29, 1.82) is 0 Å². The Bertz CT molecular complexity index is 495. The molecule has 0 bridgehead atoms. The van der Waals surface area contributed by atoms with Crippen LogP contribution in [0.3, 0.4) is 0 Å². The van der Waals surface area contributed by atoms with Crippen molar-refractivity contribution in [3.63, 3.8) is 0 Å². The van der Waals surface area contributed by atoms with Crippen LogP contribution in [-0.4, -0.2) is 48.7 Å². The molecule has 2 heterocycles. The first-order valence-electron chi connectivity index (χ1n) is 8.43. The molecule has 1 amide bonds. The van der Waals surface area contributed by atoms with E-state index in [0.29, 0.717) is 6.54 Å². The maximum Gasteiger partial charge on any atom is 0.249 e. The number of benzene rings is 1. The van der Waals surface area contributed by atoms with Gasteiger partial charge in [0.05, 0.1) is 5.60 Å². The van der Waals surface area contributed by atoms with Crippen LogP contribution in [0, 0.1) is 0 Å². The molecule has 1 unspecified atom stereocenters. The molecule has 1 spiro atoms. The molecular formula is C18H26N2O2. The van der Waals surface area contributed by atoms with Crippen LogP contribution in [-0.2, 0) is 16.0 Å². The van der Waals surface area contributed by atoms with Crippen LogP contribution in [0.4, 0.5) is 0 Å². The number of nitrogens with one attached hydrogen (secondary N) is 1. The fourth-order valence-corrected chi connectivity index (χ4v) is 3.44. The normalized spacial score (nSPS) is 25.1. The quantitative estimate of drug-likeness (QED) is 0.925. The number of rotatable bonds is 4. The van der Waals surface area contributed by atoms with Crippen LogP contribution >= 0.6 is 0 Å². The monoisotopic (exact) mass is 302 g/mol. The predicted molar refractivity (Wildman–Crippen MR) is 86.7 cm³/mol. The van der Waals surface area contributed by atoms with Gasteiger partial charge in [-0.25, -0.2) is 0 Å². The molecule has 1 N–H and O–H groups in total. The minimum atomic E-state index is -0.260. The highest BCUT2D eigenvalue weighted by molar-refractivity contribution is 5.81. The number of likely N-dealkylation sites (tertiary alicyclic amines) is 1. The van der Waals surface area contributed by atoms with Crippen LogP contribution in [0.25, 0.3) is 0 Å². The fraction of sp³-hybridized carbons (Fsp3) is 0.611. The summed E-state index contributed by atoms with van der Waals surface area (Å²) in [4.78, 5) is 14.2. The van der Waals surface area contributed by atoms with Gasteiger partial charge >= 0.3 is 0 Å². The van der Waals surface area contributed by atoms with Gasteiger partial charge in [0, 0.05) is 26.2 Å². The molecule has 2 aliphatic heterocycles. The fourth-order valence-electron chi connectivity index (χ4n) is 3.44. The third-order valence-corrected chi connectivity index (χ3v) is 4.97. The second-order valence-electron chi connectivity index (χ2n) is 6.49. The molecule has 2 fully saturated rings. The zero-order chi connectivity index (χ0) is 15.4. The van der Waals surface area contributed by atoms with Crippen molar-refractivity contribution in [3.8, 4) is 0 Å². The van der Waals surface area contributed by atoms with E-state index in [2.05, 4.69) is 40.5 Å². The second-order valence-corrected chi connectivity index (χ2v) is 6.49. The Hall–Kier alpha value is -1.39. The first-order chi connectivity index (χ1) is 10.7. The zero-order valence-corrected chi connectivity index (χ0v) is 13.4. The summed E-state index contributed by atoms with van der Waals surface area (Å²) in [7, 11) is 0. The van der Waals surface area contributed by atoms with E-state index in [1.165, 1.54) is 5.56 Å². The molecule has 0 aromatic heterocycles. The summed E-state index contributed by atoms with van der Waals surface area (Å²) in [6.07, 6.45) is 3.62. The number of carbonyl (C=O) groups excluding carboxylic acids is 1. The van der Waals surface area contributed by atoms with E-state index in [1.54, 1.807) is 0 Å². The Balaban J connectivity index is 1.49. The Kier molecular flexibility index (Phi) is 4.79. The number of piperidine rings is 1. The maximum absolute atomic E-state index is 11.7. The van der Waals surface area contributed by atoms with Crippen LogP contribution < -0.4 is 5.32 Å². The van der Waals surface area contributed by atoms with Gasteiger partial charge in [-0.1, -0.05) is 37.3 Å². The van der Waals surface area contributed by atoms with Crippen LogP contribution in [0.2, 0.25) is 0 Å². The predicted octanol–water partition coefficient (Wildman–Crippen LogP) is 1.99. The van der Waals surface area contributed by atoms with Crippen LogP contribution in [0.15, 0.2) is 30.3 Å². The van der Waals surface area contributed by atoms with Gasteiger partial charge in [-0.05, 0) is 31.2 Å². The Morgan fingerprint density at radius 2 is 2.00 bits per heavy atom.